The molecule has 0 heterocycles. The third kappa shape index (κ3) is 27.4. The Bertz CT molecular complexity index is 219. The molecule has 0 radical (unpaired) electrons. The van der Waals surface area contributed by atoms with Crippen molar-refractivity contribution >= 4 is 0 Å². The molecule has 24 heavy (non-hydrogen) atoms. The third-order valence-electron chi connectivity index (χ3n) is 4.41. The molecule has 0 bridgehead atoms. The van der Waals surface area contributed by atoms with Crippen molar-refractivity contribution in [2.45, 2.75) is 77.0 Å². The molecule has 0 aliphatic heterocycles. The summed E-state index contributed by atoms with van der Waals surface area (Å²) in [6.45, 7) is 2.65. The van der Waals surface area contributed by atoms with Gasteiger partial charge in [-0.1, -0.05) is 51.4 Å². The fourth-order valence-corrected chi connectivity index (χ4v) is 2.94. The molecule has 0 aromatic carbocycles. The van der Waals surface area contributed by atoms with Crippen molar-refractivity contribution in [1.29, 1.82) is 0 Å². The lowest BCUT2D eigenvalue weighted by Gasteiger charge is -2.23. The number of nitrogens with zero attached hydrogens (tertiary/aromatic N) is 2. The first-order valence-electron chi connectivity index (χ1n) is 9.82. The lowest BCUT2D eigenvalue weighted by atomic mass is 10.0. The van der Waals surface area contributed by atoms with Gasteiger partial charge in [-0.3, -0.25) is 0 Å². The van der Waals surface area contributed by atoms with Gasteiger partial charge in [0.1, 0.15) is 0 Å². The molecule has 0 aromatic heterocycles. The Hall–Kier alpha value is 0.500. The summed E-state index contributed by atoms with van der Waals surface area (Å²) in [6.07, 6.45) is 17.3. The Balaban J connectivity index is -0.00000220. The molecular formula is C20H46Cl2N2. The topological polar surface area (TPSA) is 0 Å². The summed E-state index contributed by atoms with van der Waals surface area (Å²) in [5, 5.41) is 0. The number of quaternary nitrogens is 2. The van der Waals surface area contributed by atoms with Crippen LogP contribution in [0.1, 0.15) is 77.0 Å². The van der Waals surface area contributed by atoms with Crippen LogP contribution in [0.5, 0.6) is 0 Å². The number of rotatable bonds is 15. The van der Waals surface area contributed by atoms with Gasteiger partial charge in [0.15, 0.2) is 0 Å². The molecule has 4 heteroatoms. The Labute approximate surface area is 166 Å². The van der Waals surface area contributed by atoms with E-state index in [1.165, 1.54) is 90.1 Å². The van der Waals surface area contributed by atoms with Gasteiger partial charge in [-0.05, 0) is 25.7 Å². The normalized spacial score (nSPS) is 11.8. The molecule has 0 aliphatic rings. The van der Waals surface area contributed by atoms with E-state index in [1.54, 1.807) is 0 Å². The lowest BCUT2D eigenvalue weighted by Crippen LogP contribution is -3.00. The van der Waals surface area contributed by atoms with E-state index >= 15 is 0 Å². The maximum atomic E-state index is 2.29. The molecule has 0 N–H and O–H groups in total. The second-order valence-corrected chi connectivity index (χ2v) is 9.27. The first kappa shape index (κ1) is 29.3. The molecule has 0 fully saturated rings. The fourth-order valence-electron chi connectivity index (χ4n) is 2.94. The summed E-state index contributed by atoms with van der Waals surface area (Å²) < 4.78 is 2.24. The number of unbranched alkanes of at least 4 members (excludes halogenated alkanes) is 11. The van der Waals surface area contributed by atoms with Crippen molar-refractivity contribution in [3.05, 3.63) is 0 Å². The van der Waals surface area contributed by atoms with E-state index in [0.29, 0.717) is 0 Å². The van der Waals surface area contributed by atoms with Crippen LogP contribution in [0.4, 0.5) is 0 Å². The molecule has 0 spiro atoms. The van der Waals surface area contributed by atoms with Crippen LogP contribution in [0, 0.1) is 0 Å². The van der Waals surface area contributed by atoms with E-state index in [0.717, 1.165) is 8.97 Å². The van der Waals surface area contributed by atoms with Crippen molar-refractivity contribution in [1.82, 2.24) is 0 Å². The Morgan fingerprint density at radius 3 is 0.667 bits per heavy atom. The Kier molecular flexibility index (Phi) is 20.7. The first-order chi connectivity index (χ1) is 10.2. The van der Waals surface area contributed by atoms with Crippen LogP contribution in [-0.2, 0) is 0 Å². The highest BCUT2D eigenvalue weighted by Crippen LogP contribution is 2.12. The molecule has 0 saturated heterocycles. The summed E-state index contributed by atoms with van der Waals surface area (Å²) in [5.74, 6) is 0. The summed E-state index contributed by atoms with van der Waals surface area (Å²) in [7, 11) is 13.8. The summed E-state index contributed by atoms with van der Waals surface area (Å²) in [4.78, 5) is 0. The van der Waals surface area contributed by atoms with E-state index < -0.39 is 0 Å². The minimum Gasteiger partial charge on any atom is -1.00 e. The number of halogens is 2. The second kappa shape index (κ2) is 16.9. The average Bonchev–Trinajstić information content (AvgIpc) is 2.36. The van der Waals surface area contributed by atoms with Crippen LogP contribution >= 0.6 is 0 Å². The van der Waals surface area contributed by atoms with Gasteiger partial charge in [0.2, 0.25) is 0 Å². The minimum absolute atomic E-state index is 0. The molecule has 0 aromatic rings. The molecular weight excluding hydrogens is 339 g/mol. The van der Waals surface area contributed by atoms with Gasteiger partial charge in [0, 0.05) is 0 Å². The van der Waals surface area contributed by atoms with Crippen LogP contribution in [-0.4, -0.2) is 64.3 Å². The highest BCUT2D eigenvalue weighted by molar-refractivity contribution is 4.49. The highest BCUT2D eigenvalue weighted by Gasteiger charge is 2.05. The molecule has 2 nitrogen and oxygen atoms in total. The van der Waals surface area contributed by atoms with Crippen molar-refractivity contribution in [3.63, 3.8) is 0 Å². The monoisotopic (exact) mass is 384 g/mol. The van der Waals surface area contributed by atoms with Crippen LogP contribution < -0.4 is 24.8 Å². The van der Waals surface area contributed by atoms with Crippen LogP contribution in [0.25, 0.3) is 0 Å². The standard InChI is InChI=1S/C20H46N2.2ClH/c1-21(2,3)19-17-15-13-11-9-7-8-10-12-14-16-18-20-22(4,5)6;;/h7-20H2,1-6H3;2*1H/q+2;;/p-2. The quantitative estimate of drug-likeness (QED) is 0.253. The zero-order chi connectivity index (χ0) is 16.9. The molecule has 0 rings (SSSR count). The van der Waals surface area contributed by atoms with E-state index in [9.17, 15) is 0 Å². The second-order valence-electron chi connectivity index (χ2n) is 9.27. The average molecular weight is 386 g/mol. The zero-order valence-corrected chi connectivity index (χ0v) is 19.1. The summed E-state index contributed by atoms with van der Waals surface area (Å²) in [6, 6.07) is 0. The van der Waals surface area contributed by atoms with Gasteiger partial charge in [-0.25, -0.2) is 0 Å². The predicted octanol–water partition coefficient (Wildman–Crippen LogP) is -0.912. The molecule has 0 saturated carbocycles. The van der Waals surface area contributed by atoms with Crippen molar-refractivity contribution in [2.75, 3.05) is 55.4 Å². The van der Waals surface area contributed by atoms with Gasteiger partial charge >= 0.3 is 0 Å². The van der Waals surface area contributed by atoms with Crippen LogP contribution in [0.15, 0.2) is 0 Å². The third-order valence-corrected chi connectivity index (χ3v) is 4.41. The fraction of sp³-hybridized carbons (Fsp3) is 1.00. The van der Waals surface area contributed by atoms with Gasteiger partial charge in [-0.2, -0.15) is 0 Å². The lowest BCUT2D eigenvalue weighted by molar-refractivity contribution is -0.870. The smallest absolute Gasteiger partial charge is 0.0780 e. The maximum Gasteiger partial charge on any atom is 0.0780 e. The zero-order valence-electron chi connectivity index (χ0n) is 17.5. The largest absolute Gasteiger partial charge is 1.00 e. The van der Waals surface area contributed by atoms with Crippen LogP contribution in [0.2, 0.25) is 0 Å². The SMILES string of the molecule is C[N+](C)(C)CCCCCCCCCCCCCC[N+](C)(C)C.[Cl-].[Cl-]. The van der Waals surface area contributed by atoms with Gasteiger partial charge < -0.3 is 33.8 Å². The molecule has 0 atom stereocenters. The molecule has 0 unspecified atom stereocenters. The van der Waals surface area contributed by atoms with E-state index in [2.05, 4.69) is 42.3 Å². The first-order valence-corrected chi connectivity index (χ1v) is 9.82. The van der Waals surface area contributed by atoms with E-state index in [-0.39, 0.29) is 24.8 Å². The van der Waals surface area contributed by atoms with Gasteiger partial charge in [-0.15, -0.1) is 0 Å². The van der Waals surface area contributed by atoms with Gasteiger partial charge in [0.05, 0.1) is 55.4 Å². The van der Waals surface area contributed by atoms with Gasteiger partial charge in [0.25, 0.3) is 0 Å². The molecule has 0 aliphatic carbocycles. The molecule has 150 valence electrons. The van der Waals surface area contributed by atoms with E-state index in [1.807, 2.05) is 0 Å². The number of hydrogen-bond acceptors (Lipinski definition) is 0. The molecule has 0 amide bonds. The van der Waals surface area contributed by atoms with E-state index in [4.69, 9.17) is 0 Å². The highest BCUT2D eigenvalue weighted by atomic mass is 35.5. The Morgan fingerprint density at radius 2 is 0.500 bits per heavy atom. The van der Waals surface area contributed by atoms with Crippen molar-refractivity contribution in [3.8, 4) is 0 Å². The predicted molar refractivity (Wildman–Crippen MR) is 101 cm³/mol. The Morgan fingerprint density at radius 1 is 0.333 bits per heavy atom. The van der Waals surface area contributed by atoms with Crippen molar-refractivity contribution < 1.29 is 33.8 Å². The van der Waals surface area contributed by atoms with Crippen molar-refractivity contribution in [2.24, 2.45) is 0 Å². The van der Waals surface area contributed by atoms with Crippen LogP contribution in [0.3, 0.4) is 0 Å². The number of hydrogen-bond donors (Lipinski definition) is 0. The summed E-state index contributed by atoms with van der Waals surface area (Å²) in [5.41, 5.74) is 0. The maximum absolute atomic E-state index is 2.29. The minimum atomic E-state index is 0. The summed E-state index contributed by atoms with van der Waals surface area (Å²) >= 11 is 0.